The van der Waals surface area contributed by atoms with Gasteiger partial charge in [0.1, 0.15) is 18.5 Å². The minimum atomic E-state index is -0.511. The Balaban J connectivity index is 1.20. The van der Waals surface area contributed by atoms with Crippen molar-refractivity contribution in [2.45, 2.75) is 32.2 Å². The van der Waals surface area contributed by atoms with Gasteiger partial charge in [-0.1, -0.05) is 36.4 Å². The highest BCUT2D eigenvalue weighted by Crippen LogP contribution is 2.19. The molecule has 6 nitrogen and oxygen atoms in total. The standard InChI is InChI=1S/C25H30N4O2/c1-28(17-23-14-26-11-12-27-23)15-20-6-8-25(9-7-20)31-19-24(30)18-29-13-10-21-4-2-3-5-22(21)16-29/h2-9,11-12,14,24,30H,10,13,15-19H2,1H3. The summed E-state index contributed by atoms with van der Waals surface area (Å²) in [5, 5.41) is 10.4. The second kappa shape index (κ2) is 10.5. The summed E-state index contributed by atoms with van der Waals surface area (Å²) >= 11 is 0. The number of ether oxygens (including phenoxy) is 1. The molecule has 2 aromatic carbocycles. The fourth-order valence-electron chi connectivity index (χ4n) is 4.00. The van der Waals surface area contributed by atoms with Gasteiger partial charge < -0.3 is 9.84 Å². The van der Waals surface area contributed by atoms with E-state index in [0.717, 1.165) is 44.0 Å². The monoisotopic (exact) mass is 418 g/mol. The summed E-state index contributed by atoms with van der Waals surface area (Å²) in [7, 11) is 2.06. The van der Waals surface area contributed by atoms with Crippen molar-refractivity contribution in [1.29, 1.82) is 0 Å². The SMILES string of the molecule is CN(Cc1ccc(OCC(O)CN2CCc3ccccc3C2)cc1)Cc1cnccn1. The number of hydrogen-bond acceptors (Lipinski definition) is 6. The quantitative estimate of drug-likeness (QED) is 0.577. The van der Waals surface area contributed by atoms with Crippen LogP contribution in [0.3, 0.4) is 0 Å². The van der Waals surface area contributed by atoms with E-state index in [0.29, 0.717) is 13.2 Å². The lowest BCUT2D eigenvalue weighted by Gasteiger charge is -2.30. The predicted molar refractivity (Wildman–Crippen MR) is 121 cm³/mol. The number of fused-ring (bicyclic) bond motifs is 1. The first kappa shape index (κ1) is 21.4. The number of hydrogen-bond donors (Lipinski definition) is 1. The van der Waals surface area contributed by atoms with Gasteiger partial charge in [-0.2, -0.15) is 0 Å². The van der Waals surface area contributed by atoms with Crippen molar-refractivity contribution >= 4 is 0 Å². The Bertz CT molecular complexity index is 949. The Morgan fingerprint density at radius 1 is 1.06 bits per heavy atom. The molecule has 1 atom stereocenters. The number of rotatable bonds is 9. The molecule has 31 heavy (non-hydrogen) atoms. The van der Waals surface area contributed by atoms with Gasteiger partial charge in [-0.05, 0) is 42.3 Å². The first-order valence-electron chi connectivity index (χ1n) is 10.8. The van der Waals surface area contributed by atoms with Crippen LogP contribution in [-0.4, -0.2) is 57.7 Å². The van der Waals surface area contributed by atoms with E-state index in [1.165, 1.54) is 16.7 Å². The van der Waals surface area contributed by atoms with Crippen LogP contribution in [0.15, 0.2) is 67.1 Å². The molecular formula is C25H30N4O2. The van der Waals surface area contributed by atoms with Crippen LogP contribution in [-0.2, 0) is 26.1 Å². The van der Waals surface area contributed by atoms with Gasteiger partial charge in [0.25, 0.3) is 0 Å². The Hall–Kier alpha value is -2.80. The van der Waals surface area contributed by atoms with Gasteiger partial charge in [-0.15, -0.1) is 0 Å². The van der Waals surface area contributed by atoms with E-state index in [4.69, 9.17) is 4.74 Å². The van der Waals surface area contributed by atoms with Crippen LogP contribution in [0.2, 0.25) is 0 Å². The molecule has 0 saturated carbocycles. The van der Waals surface area contributed by atoms with Crippen molar-refractivity contribution in [1.82, 2.24) is 19.8 Å². The number of β-amino-alcohol motifs (C(OH)–C–C–N with tert-alkyl or cyclic N) is 1. The normalized spacial score (nSPS) is 14.9. The van der Waals surface area contributed by atoms with Gasteiger partial charge in [-0.3, -0.25) is 19.8 Å². The molecule has 4 rings (SSSR count). The molecule has 1 aliphatic heterocycles. The van der Waals surface area contributed by atoms with Crippen molar-refractivity contribution in [3.05, 3.63) is 89.5 Å². The number of nitrogens with zero attached hydrogens (tertiary/aromatic N) is 4. The second-order valence-electron chi connectivity index (χ2n) is 8.23. The summed E-state index contributed by atoms with van der Waals surface area (Å²) in [5.74, 6) is 0.781. The molecule has 0 fully saturated rings. The summed E-state index contributed by atoms with van der Waals surface area (Å²) in [5.41, 5.74) is 4.94. The van der Waals surface area contributed by atoms with E-state index in [-0.39, 0.29) is 0 Å². The van der Waals surface area contributed by atoms with Crippen LogP contribution in [0.1, 0.15) is 22.4 Å². The fraction of sp³-hybridized carbons (Fsp3) is 0.360. The topological polar surface area (TPSA) is 61.7 Å². The number of aromatic nitrogens is 2. The van der Waals surface area contributed by atoms with Gasteiger partial charge in [-0.25, -0.2) is 0 Å². The Morgan fingerprint density at radius 3 is 2.65 bits per heavy atom. The zero-order chi connectivity index (χ0) is 21.5. The Morgan fingerprint density at radius 2 is 1.87 bits per heavy atom. The van der Waals surface area contributed by atoms with Crippen LogP contribution >= 0.6 is 0 Å². The van der Waals surface area contributed by atoms with E-state index in [2.05, 4.69) is 63.2 Å². The molecule has 0 radical (unpaired) electrons. The van der Waals surface area contributed by atoms with Crippen molar-refractivity contribution in [2.24, 2.45) is 0 Å². The lowest BCUT2D eigenvalue weighted by molar-refractivity contribution is 0.0638. The Kier molecular flexibility index (Phi) is 7.25. The number of aliphatic hydroxyl groups excluding tert-OH is 1. The van der Waals surface area contributed by atoms with Crippen LogP contribution in [0.5, 0.6) is 5.75 Å². The third-order valence-corrected chi connectivity index (χ3v) is 5.55. The van der Waals surface area contributed by atoms with E-state index in [1.807, 2.05) is 12.1 Å². The number of benzene rings is 2. The maximum atomic E-state index is 10.4. The molecule has 6 heteroatoms. The first-order chi connectivity index (χ1) is 15.2. The summed E-state index contributed by atoms with van der Waals surface area (Å²) in [4.78, 5) is 12.9. The molecule has 1 aromatic heterocycles. The smallest absolute Gasteiger partial charge is 0.119 e. The van der Waals surface area contributed by atoms with E-state index in [1.54, 1.807) is 18.6 Å². The minimum Gasteiger partial charge on any atom is -0.491 e. The summed E-state index contributed by atoms with van der Waals surface area (Å²) in [6, 6.07) is 16.6. The molecule has 1 N–H and O–H groups in total. The summed E-state index contributed by atoms with van der Waals surface area (Å²) < 4.78 is 5.83. The highest BCUT2D eigenvalue weighted by Gasteiger charge is 2.18. The molecule has 2 heterocycles. The lowest BCUT2D eigenvalue weighted by atomic mass is 10.00. The van der Waals surface area contributed by atoms with Crippen molar-refractivity contribution in [2.75, 3.05) is 26.7 Å². The van der Waals surface area contributed by atoms with Crippen LogP contribution in [0, 0.1) is 0 Å². The van der Waals surface area contributed by atoms with Crippen molar-refractivity contribution in [3.63, 3.8) is 0 Å². The molecule has 3 aromatic rings. The molecular weight excluding hydrogens is 388 g/mol. The number of aliphatic hydroxyl groups is 1. The molecule has 0 bridgehead atoms. The zero-order valence-electron chi connectivity index (χ0n) is 18.0. The van der Waals surface area contributed by atoms with Crippen molar-refractivity contribution < 1.29 is 9.84 Å². The average molecular weight is 419 g/mol. The van der Waals surface area contributed by atoms with Crippen LogP contribution < -0.4 is 4.74 Å². The van der Waals surface area contributed by atoms with Gasteiger partial charge in [0.2, 0.25) is 0 Å². The van der Waals surface area contributed by atoms with Gasteiger partial charge in [0, 0.05) is 51.3 Å². The second-order valence-corrected chi connectivity index (χ2v) is 8.23. The fourth-order valence-corrected chi connectivity index (χ4v) is 4.00. The average Bonchev–Trinajstić information content (AvgIpc) is 2.79. The summed E-state index contributed by atoms with van der Waals surface area (Å²) in [6.45, 7) is 4.35. The van der Waals surface area contributed by atoms with Crippen LogP contribution in [0.25, 0.3) is 0 Å². The van der Waals surface area contributed by atoms with Gasteiger partial charge >= 0.3 is 0 Å². The maximum absolute atomic E-state index is 10.4. The van der Waals surface area contributed by atoms with Crippen LogP contribution in [0.4, 0.5) is 0 Å². The molecule has 0 saturated heterocycles. The molecule has 0 amide bonds. The predicted octanol–water partition coefficient (Wildman–Crippen LogP) is 2.91. The Labute approximate surface area is 184 Å². The maximum Gasteiger partial charge on any atom is 0.119 e. The molecule has 1 unspecified atom stereocenters. The molecule has 1 aliphatic rings. The van der Waals surface area contributed by atoms with E-state index < -0.39 is 6.10 Å². The van der Waals surface area contributed by atoms with Gasteiger partial charge in [0.05, 0.1) is 5.69 Å². The van der Waals surface area contributed by atoms with E-state index >= 15 is 0 Å². The first-order valence-corrected chi connectivity index (χ1v) is 10.8. The molecule has 0 spiro atoms. The largest absolute Gasteiger partial charge is 0.491 e. The van der Waals surface area contributed by atoms with Crippen molar-refractivity contribution in [3.8, 4) is 5.75 Å². The summed E-state index contributed by atoms with van der Waals surface area (Å²) in [6.07, 6.45) is 5.72. The minimum absolute atomic E-state index is 0.296. The van der Waals surface area contributed by atoms with Gasteiger partial charge in [0.15, 0.2) is 0 Å². The van der Waals surface area contributed by atoms with E-state index in [9.17, 15) is 5.11 Å². The lowest BCUT2D eigenvalue weighted by Crippen LogP contribution is -2.38. The molecule has 0 aliphatic carbocycles. The highest BCUT2D eigenvalue weighted by atomic mass is 16.5. The third kappa shape index (κ3) is 6.34. The third-order valence-electron chi connectivity index (χ3n) is 5.55. The molecule has 162 valence electrons. The zero-order valence-corrected chi connectivity index (χ0v) is 18.0. The highest BCUT2D eigenvalue weighted by molar-refractivity contribution is 5.29.